The molecule has 134 valence electrons. The Morgan fingerprint density at radius 2 is 1.88 bits per heavy atom. The van der Waals surface area contributed by atoms with Crippen LogP contribution in [0.1, 0.15) is 56.7 Å². The van der Waals surface area contributed by atoms with E-state index in [1.165, 1.54) is 12.1 Å². The number of fused-ring (bicyclic) bond motifs is 1. The zero-order valence-electron chi connectivity index (χ0n) is 14.7. The van der Waals surface area contributed by atoms with Gasteiger partial charge in [-0.05, 0) is 54.5 Å². The molecule has 0 saturated carbocycles. The van der Waals surface area contributed by atoms with Crippen LogP contribution in [0.25, 0.3) is 0 Å². The quantitative estimate of drug-likeness (QED) is 0.813. The fourth-order valence-electron chi connectivity index (χ4n) is 3.33. The Balaban J connectivity index is 1.94. The fraction of sp³-hybridized carbons (Fsp3) is 0.444. The average molecular weight is 360 g/mol. The lowest BCUT2D eigenvalue weighted by Gasteiger charge is -2.31. The smallest absolute Gasteiger partial charge is 0.264 e. The maximum Gasteiger partial charge on any atom is 0.264 e. The molecule has 3 N–H and O–H groups in total. The first-order chi connectivity index (χ1) is 11.8. The number of nitrogens with two attached hydrogens (primary N) is 1. The molecular formula is C18H24N4O2S. The second kappa shape index (κ2) is 6.63. The lowest BCUT2D eigenvalue weighted by atomic mass is 9.76. The predicted molar refractivity (Wildman–Crippen MR) is 98.9 cm³/mol. The molecular weight excluding hydrogens is 336 g/mol. The van der Waals surface area contributed by atoms with Crippen molar-refractivity contribution in [1.82, 2.24) is 9.97 Å². The van der Waals surface area contributed by atoms with E-state index in [0.29, 0.717) is 23.4 Å². The van der Waals surface area contributed by atoms with Gasteiger partial charge in [0.05, 0.1) is 10.6 Å². The van der Waals surface area contributed by atoms with Crippen molar-refractivity contribution in [2.45, 2.75) is 50.3 Å². The van der Waals surface area contributed by atoms with Crippen molar-refractivity contribution >= 4 is 21.7 Å². The maximum atomic E-state index is 12.5. The minimum atomic E-state index is -3.74. The summed E-state index contributed by atoms with van der Waals surface area (Å²) in [5.41, 5.74) is 8.22. The maximum absolute atomic E-state index is 12.5. The number of hydrogen-bond acceptors (Lipinski definition) is 5. The summed E-state index contributed by atoms with van der Waals surface area (Å²) >= 11 is 0. The summed E-state index contributed by atoms with van der Waals surface area (Å²) in [5.74, 6) is 1.29. The van der Waals surface area contributed by atoms with Crippen LogP contribution in [0.5, 0.6) is 0 Å². The van der Waals surface area contributed by atoms with Gasteiger partial charge in [-0.25, -0.2) is 23.1 Å². The molecule has 0 fully saturated rings. The van der Waals surface area contributed by atoms with E-state index < -0.39 is 10.0 Å². The van der Waals surface area contributed by atoms with Gasteiger partial charge in [-0.3, -0.25) is 0 Å². The van der Waals surface area contributed by atoms with Crippen LogP contribution in [0.15, 0.2) is 35.4 Å². The number of benzene rings is 1. The van der Waals surface area contributed by atoms with Crippen molar-refractivity contribution in [3.05, 3.63) is 41.7 Å². The van der Waals surface area contributed by atoms with Gasteiger partial charge >= 0.3 is 0 Å². The lowest BCUT2D eigenvalue weighted by Crippen LogP contribution is -2.22. The van der Waals surface area contributed by atoms with Gasteiger partial charge in [-0.15, -0.1) is 0 Å². The zero-order valence-corrected chi connectivity index (χ0v) is 15.5. The largest absolute Gasteiger partial charge is 0.399 e. The van der Waals surface area contributed by atoms with Crippen LogP contribution in [0.3, 0.4) is 0 Å². The van der Waals surface area contributed by atoms with E-state index in [0.717, 1.165) is 24.1 Å². The Morgan fingerprint density at radius 1 is 1.20 bits per heavy atom. The third-order valence-corrected chi connectivity index (χ3v) is 6.21. The first kappa shape index (κ1) is 17.7. The second-order valence-electron chi connectivity index (χ2n) is 7.04. The molecule has 2 aromatic rings. The molecule has 1 heterocycles. The normalized spacial score (nSPS) is 20.3. The van der Waals surface area contributed by atoms with Gasteiger partial charge in [0.2, 0.25) is 5.95 Å². The number of aromatic nitrogens is 2. The molecule has 0 radical (unpaired) electrons. The van der Waals surface area contributed by atoms with Crippen LogP contribution in [-0.2, 0) is 10.0 Å². The van der Waals surface area contributed by atoms with E-state index in [2.05, 4.69) is 35.5 Å². The number of nitrogens with one attached hydrogen (secondary N) is 1. The van der Waals surface area contributed by atoms with Crippen molar-refractivity contribution in [3.63, 3.8) is 0 Å². The molecule has 0 bridgehead atoms. The lowest BCUT2D eigenvalue weighted by molar-refractivity contribution is 0.399. The summed E-state index contributed by atoms with van der Waals surface area (Å²) in [6, 6.07) is 6.04. The van der Waals surface area contributed by atoms with Crippen LogP contribution in [0.4, 0.5) is 11.6 Å². The van der Waals surface area contributed by atoms with Gasteiger partial charge in [-0.1, -0.05) is 20.8 Å². The molecule has 7 heteroatoms. The Kier molecular flexibility index (Phi) is 4.69. The second-order valence-corrected chi connectivity index (χ2v) is 8.72. The molecule has 0 saturated heterocycles. The van der Waals surface area contributed by atoms with E-state index in [-0.39, 0.29) is 10.8 Å². The number of nitrogen functional groups attached to an aromatic ring is 1. The SMILES string of the molecule is CC1CCC(C(C)C)c2nc(NS(=O)(=O)c3ccc(N)cc3)ncc21. The topological polar surface area (TPSA) is 98.0 Å². The van der Waals surface area contributed by atoms with E-state index in [1.54, 1.807) is 18.3 Å². The van der Waals surface area contributed by atoms with Crippen molar-refractivity contribution in [3.8, 4) is 0 Å². The number of hydrogen-bond donors (Lipinski definition) is 2. The van der Waals surface area contributed by atoms with Gasteiger partial charge in [0.15, 0.2) is 0 Å². The highest BCUT2D eigenvalue weighted by Crippen LogP contribution is 2.41. The van der Waals surface area contributed by atoms with Gasteiger partial charge in [0.1, 0.15) is 0 Å². The Labute approximate surface area is 148 Å². The molecule has 1 aliphatic rings. The summed E-state index contributed by atoms with van der Waals surface area (Å²) in [6.45, 7) is 6.51. The van der Waals surface area contributed by atoms with E-state index >= 15 is 0 Å². The van der Waals surface area contributed by atoms with Gasteiger partial charge in [0.25, 0.3) is 10.0 Å². The Hall–Kier alpha value is -2.15. The number of nitrogens with zero attached hydrogens (tertiary/aromatic N) is 2. The van der Waals surface area contributed by atoms with Crippen molar-refractivity contribution in [2.75, 3.05) is 10.5 Å². The monoisotopic (exact) mass is 360 g/mol. The molecule has 1 aliphatic carbocycles. The first-order valence-electron chi connectivity index (χ1n) is 8.53. The van der Waals surface area contributed by atoms with Crippen LogP contribution in [0.2, 0.25) is 0 Å². The number of anilines is 2. The molecule has 25 heavy (non-hydrogen) atoms. The number of sulfonamides is 1. The van der Waals surface area contributed by atoms with Gasteiger partial charge in [0, 0.05) is 17.8 Å². The van der Waals surface area contributed by atoms with Gasteiger partial charge < -0.3 is 5.73 Å². The average Bonchev–Trinajstić information content (AvgIpc) is 2.54. The van der Waals surface area contributed by atoms with Crippen molar-refractivity contribution < 1.29 is 8.42 Å². The summed E-state index contributed by atoms with van der Waals surface area (Å²) < 4.78 is 27.5. The van der Waals surface area contributed by atoms with Crippen molar-refractivity contribution in [2.24, 2.45) is 5.92 Å². The predicted octanol–water partition coefficient (Wildman–Crippen LogP) is 3.50. The highest BCUT2D eigenvalue weighted by Gasteiger charge is 2.29. The van der Waals surface area contributed by atoms with E-state index in [4.69, 9.17) is 5.73 Å². The third kappa shape index (κ3) is 3.61. The Morgan fingerprint density at radius 3 is 2.52 bits per heavy atom. The highest BCUT2D eigenvalue weighted by atomic mass is 32.2. The molecule has 0 aliphatic heterocycles. The minimum Gasteiger partial charge on any atom is -0.399 e. The molecule has 2 atom stereocenters. The highest BCUT2D eigenvalue weighted by molar-refractivity contribution is 7.92. The van der Waals surface area contributed by atoms with Crippen LogP contribution >= 0.6 is 0 Å². The molecule has 0 spiro atoms. The molecule has 1 aromatic carbocycles. The molecule has 6 nitrogen and oxygen atoms in total. The van der Waals surface area contributed by atoms with Crippen LogP contribution in [-0.4, -0.2) is 18.4 Å². The number of rotatable bonds is 4. The molecule has 2 unspecified atom stereocenters. The minimum absolute atomic E-state index is 0.121. The van der Waals surface area contributed by atoms with E-state index in [9.17, 15) is 8.42 Å². The summed E-state index contributed by atoms with van der Waals surface area (Å²) in [6.07, 6.45) is 3.94. The van der Waals surface area contributed by atoms with Crippen LogP contribution < -0.4 is 10.5 Å². The zero-order chi connectivity index (χ0) is 18.2. The Bertz CT molecular complexity index is 863. The van der Waals surface area contributed by atoms with Gasteiger partial charge in [-0.2, -0.15) is 0 Å². The van der Waals surface area contributed by atoms with Crippen LogP contribution in [0, 0.1) is 5.92 Å². The molecule has 1 aromatic heterocycles. The standard InChI is InChI=1S/C18H24N4O2S/c1-11(2)15-9-4-12(3)16-10-20-18(21-17(15)16)22-25(23,24)14-7-5-13(19)6-8-14/h5-8,10-12,15H,4,9,19H2,1-3H3,(H,20,21,22). The summed E-state index contributed by atoms with van der Waals surface area (Å²) in [4.78, 5) is 8.94. The third-order valence-electron chi connectivity index (χ3n) is 4.86. The molecule has 0 amide bonds. The first-order valence-corrected chi connectivity index (χ1v) is 10.0. The van der Waals surface area contributed by atoms with Crippen molar-refractivity contribution in [1.29, 1.82) is 0 Å². The summed E-state index contributed by atoms with van der Waals surface area (Å²) in [5, 5.41) is 0. The fourth-order valence-corrected chi connectivity index (χ4v) is 4.28. The summed E-state index contributed by atoms with van der Waals surface area (Å²) in [7, 11) is -3.74. The molecule has 3 rings (SSSR count). The van der Waals surface area contributed by atoms with E-state index in [1.807, 2.05) is 0 Å².